The molecule has 1 aromatic heterocycles. The van der Waals surface area contributed by atoms with E-state index >= 15 is 0 Å². The van der Waals surface area contributed by atoms with Gasteiger partial charge in [0.1, 0.15) is 11.8 Å². The largest absolute Gasteiger partial charge is 0.377 e. The number of hydrogen-bond donors (Lipinski definition) is 0. The lowest BCUT2D eigenvalue weighted by Gasteiger charge is -2.06. The number of ether oxygens (including phenoxy) is 1. The Morgan fingerprint density at radius 3 is 3.00 bits per heavy atom. The number of hydrogen-bond acceptors (Lipinski definition) is 3. The van der Waals surface area contributed by atoms with Crippen molar-refractivity contribution >= 4 is 0 Å². The first kappa shape index (κ1) is 11.7. The Balaban J connectivity index is 2.41. The van der Waals surface area contributed by atoms with E-state index in [1.54, 1.807) is 6.20 Å². The third-order valence-electron chi connectivity index (χ3n) is 2.09. The van der Waals surface area contributed by atoms with Gasteiger partial charge in [0.15, 0.2) is 0 Å². The first-order chi connectivity index (χ1) is 7.24. The third-order valence-corrected chi connectivity index (χ3v) is 2.09. The van der Waals surface area contributed by atoms with Crippen molar-refractivity contribution in [3.63, 3.8) is 0 Å². The molecule has 0 N–H and O–H groups in total. The highest BCUT2D eigenvalue weighted by Crippen LogP contribution is 2.07. The van der Waals surface area contributed by atoms with E-state index in [4.69, 9.17) is 10.00 Å². The van der Waals surface area contributed by atoms with Crippen molar-refractivity contribution in [3.05, 3.63) is 29.6 Å². The maximum atomic E-state index is 8.80. The molecule has 0 atom stereocenters. The topological polar surface area (TPSA) is 45.9 Å². The second-order valence-electron chi connectivity index (χ2n) is 3.86. The molecule has 0 radical (unpaired) electrons. The number of aromatic nitrogens is 1. The molecule has 0 bridgehead atoms. The van der Waals surface area contributed by atoms with Gasteiger partial charge in [-0.2, -0.15) is 5.26 Å². The fraction of sp³-hybridized carbons (Fsp3) is 0.500. The highest BCUT2D eigenvalue weighted by Gasteiger charge is 2.02. The van der Waals surface area contributed by atoms with Crippen LogP contribution >= 0.6 is 0 Å². The van der Waals surface area contributed by atoms with Crippen LogP contribution in [0.2, 0.25) is 0 Å². The summed E-state index contributed by atoms with van der Waals surface area (Å²) in [4.78, 5) is 3.97. The molecule has 0 aromatic carbocycles. The van der Waals surface area contributed by atoms with Gasteiger partial charge >= 0.3 is 0 Å². The van der Waals surface area contributed by atoms with Gasteiger partial charge in [0.2, 0.25) is 0 Å². The monoisotopic (exact) mass is 204 g/mol. The molecule has 0 saturated heterocycles. The maximum absolute atomic E-state index is 8.80. The van der Waals surface area contributed by atoms with Crippen LogP contribution in [0, 0.1) is 17.2 Å². The van der Waals surface area contributed by atoms with Crippen molar-refractivity contribution in [3.8, 4) is 6.07 Å². The molecule has 15 heavy (non-hydrogen) atoms. The van der Waals surface area contributed by atoms with Crippen LogP contribution in [-0.4, -0.2) is 11.6 Å². The van der Waals surface area contributed by atoms with Crippen LogP contribution < -0.4 is 0 Å². The van der Waals surface area contributed by atoms with E-state index < -0.39 is 0 Å². The fourth-order valence-electron chi connectivity index (χ4n) is 1.16. The van der Waals surface area contributed by atoms with E-state index in [-0.39, 0.29) is 0 Å². The van der Waals surface area contributed by atoms with Crippen LogP contribution in [0.5, 0.6) is 0 Å². The molecule has 0 aliphatic rings. The standard InChI is InChI=1S/C12H16N2O/c1-10(2)5-7-15-9-11-4-3-6-14-12(11)8-13/h3-4,6,10H,5,7,9H2,1-2H3. The number of nitrogens with zero attached hydrogens (tertiary/aromatic N) is 2. The first-order valence-electron chi connectivity index (χ1n) is 5.15. The Labute approximate surface area is 90.7 Å². The lowest BCUT2D eigenvalue weighted by atomic mass is 10.1. The summed E-state index contributed by atoms with van der Waals surface area (Å²) in [7, 11) is 0. The average molecular weight is 204 g/mol. The molecular weight excluding hydrogens is 188 g/mol. The van der Waals surface area contributed by atoms with Crippen LogP contribution in [-0.2, 0) is 11.3 Å². The molecule has 1 heterocycles. The van der Waals surface area contributed by atoms with Gasteiger partial charge in [-0.05, 0) is 18.4 Å². The molecule has 80 valence electrons. The number of pyridine rings is 1. The normalized spacial score (nSPS) is 10.3. The molecule has 0 spiro atoms. The third kappa shape index (κ3) is 4.09. The van der Waals surface area contributed by atoms with Gasteiger partial charge in [-0.25, -0.2) is 4.98 Å². The quantitative estimate of drug-likeness (QED) is 0.692. The van der Waals surface area contributed by atoms with Gasteiger partial charge < -0.3 is 4.74 Å². The van der Waals surface area contributed by atoms with Crippen molar-refractivity contribution in [1.82, 2.24) is 4.98 Å². The van der Waals surface area contributed by atoms with Crippen molar-refractivity contribution in [2.24, 2.45) is 5.92 Å². The van der Waals surface area contributed by atoms with Crippen LogP contribution in [0.25, 0.3) is 0 Å². The fourth-order valence-corrected chi connectivity index (χ4v) is 1.16. The zero-order valence-corrected chi connectivity index (χ0v) is 9.23. The van der Waals surface area contributed by atoms with Crippen molar-refractivity contribution in [2.75, 3.05) is 6.61 Å². The van der Waals surface area contributed by atoms with Gasteiger partial charge in [-0.1, -0.05) is 19.9 Å². The minimum Gasteiger partial charge on any atom is -0.377 e. The predicted molar refractivity (Wildman–Crippen MR) is 58.1 cm³/mol. The van der Waals surface area contributed by atoms with Gasteiger partial charge in [-0.15, -0.1) is 0 Å². The van der Waals surface area contributed by atoms with Gasteiger partial charge in [-0.3, -0.25) is 0 Å². The van der Waals surface area contributed by atoms with E-state index in [2.05, 4.69) is 24.9 Å². The lowest BCUT2D eigenvalue weighted by molar-refractivity contribution is 0.110. The Bertz CT molecular complexity index is 342. The minimum absolute atomic E-state index is 0.460. The average Bonchev–Trinajstić information content (AvgIpc) is 2.24. The Morgan fingerprint density at radius 1 is 1.53 bits per heavy atom. The number of nitriles is 1. The highest BCUT2D eigenvalue weighted by molar-refractivity contribution is 5.29. The molecule has 1 rings (SSSR count). The van der Waals surface area contributed by atoms with Crippen molar-refractivity contribution in [1.29, 1.82) is 5.26 Å². The summed E-state index contributed by atoms with van der Waals surface area (Å²) in [5, 5.41) is 8.80. The van der Waals surface area contributed by atoms with Crippen molar-refractivity contribution in [2.45, 2.75) is 26.9 Å². The summed E-state index contributed by atoms with van der Waals surface area (Å²) in [5.41, 5.74) is 1.32. The van der Waals surface area contributed by atoms with E-state index in [9.17, 15) is 0 Å². The van der Waals surface area contributed by atoms with Crippen LogP contribution in [0.15, 0.2) is 18.3 Å². The molecule has 3 nitrogen and oxygen atoms in total. The molecule has 1 aromatic rings. The summed E-state index contributed by atoms with van der Waals surface area (Å²) in [6.45, 7) is 5.53. The number of rotatable bonds is 5. The lowest BCUT2D eigenvalue weighted by Crippen LogP contribution is -2.01. The first-order valence-corrected chi connectivity index (χ1v) is 5.15. The molecule has 0 amide bonds. The minimum atomic E-state index is 0.460. The highest BCUT2D eigenvalue weighted by atomic mass is 16.5. The van der Waals surface area contributed by atoms with E-state index in [0.717, 1.165) is 18.6 Å². The van der Waals surface area contributed by atoms with E-state index in [1.807, 2.05) is 12.1 Å². The molecule has 0 fully saturated rings. The van der Waals surface area contributed by atoms with E-state index in [1.165, 1.54) is 0 Å². The molecule has 0 unspecified atom stereocenters. The molecule has 0 aliphatic carbocycles. The molecular formula is C12H16N2O. The molecule has 0 aliphatic heterocycles. The maximum Gasteiger partial charge on any atom is 0.145 e. The van der Waals surface area contributed by atoms with Crippen LogP contribution in [0.3, 0.4) is 0 Å². The van der Waals surface area contributed by atoms with E-state index in [0.29, 0.717) is 18.2 Å². The van der Waals surface area contributed by atoms with Crippen LogP contribution in [0.1, 0.15) is 31.5 Å². The summed E-state index contributed by atoms with van der Waals surface area (Å²) in [6, 6.07) is 5.75. The Kier molecular flexibility index (Phi) is 4.79. The molecule has 3 heteroatoms. The van der Waals surface area contributed by atoms with Crippen LogP contribution in [0.4, 0.5) is 0 Å². The summed E-state index contributed by atoms with van der Waals surface area (Å²) in [5.74, 6) is 0.648. The predicted octanol–water partition coefficient (Wildman–Crippen LogP) is 2.52. The Morgan fingerprint density at radius 2 is 2.33 bits per heavy atom. The van der Waals surface area contributed by atoms with Gasteiger partial charge in [0.05, 0.1) is 6.61 Å². The second-order valence-corrected chi connectivity index (χ2v) is 3.86. The van der Waals surface area contributed by atoms with Gasteiger partial charge in [0, 0.05) is 18.4 Å². The smallest absolute Gasteiger partial charge is 0.145 e. The zero-order valence-electron chi connectivity index (χ0n) is 9.23. The van der Waals surface area contributed by atoms with Crippen molar-refractivity contribution < 1.29 is 4.74 Å². The zero-order chi connectivity index (χ0) is 11.1. The summed E-state index contributed by atoms with van der Waals surface area (Å²) >= 11 is 0. The molecule has 0 saturated carbocycles. The van der Waals surface area contributed by atoms with Gasteiger partial charge in [0.25, 0.3) is 0 Å². The SMILES string of the molecule is CC(C)CCOCc1cccnc1C#N. The second kappa shape index (κ2) is 6.15. The summed E-state index contributed by atoms with van der Waals surface area (Å²) in [6.07, 6.45) is 2.66. The Hall–Kier alpha value is -1.40. The summed E-state index contributed by atoms with van der Waals surface area (Å²) < 4.78 is 5.48.